The summed E-state index contributed by atoms with van der Waals surface area (Å²) in [4.78, 5) is 24.9. The Morgan fingerprint density at radius 2 is 2.00 bits per heavy atom. The lowest BCUT2D eigenvalue weighted by Gasteiger charge is -2.37. The molecule has 0 aromatic carbocycles. The van der Waals surface area contributed by atoms with Crippen molar-refractivity contribution in [3.8, 4) is 0 Å². The Balaban J connectivity index is 2.59. The normalized spacial score (nSPS) is 24.5. The Morgan fingerprint density at radius 1 is 1.29 bits per heavy atom. The van der Waals surface area contributed by atoms with E-state index in [1.165, 1.54) is 6.92 Å². The molecule has 4 heteroatoms. The lowest BCUT2D eigenvalue weighted by molar-refractivity contribution is -0.134. The number of likely N-dealkylation sites (tertiary alicyclic amines) is 1. The summed E-state index contributed by atoms with van der Waals surface area (Å²) in [5.74, 6) is 0.733. The van der Waals surface area contributed by atoms with Crippen molar-refractivity contribution in [1.29, 1.82) is 0 Å². The third-order valence-electron chi connectivity index (χ3n) is 3.34. The Bertz CT molecular complexity index is 279. The molecule has 98 valence electrons. The van der Waals surface area contributed by atoms with Gasteiger partial charge in [-0.3, -0.25) is 9.59 Å². The molecule has 0 saturated carbocycles. The van der Waals surface area contributed by atoms with Gasteiger partial charge in [0.25, 0.3) is 0 Å². The van der Waals surface area contributed by atoms with E-state index in [4.69, 9.17) is 0 Å². The van der Waals surface area contributed by atoms with Crippen molar-refractivity contribution in [3.63, 3.8) is 0 Å². The number of carbonyl (C=O) groups excluding carboxylic acids is 2. The molecule has 1 aliphatic rings. The first-order chi connectivity index (χ1) is 8.06. The Hall–Kier alpha value is -1.06. The number of piperidine rings is 1. The minimum absolute atomic E-state index is 0.00496. The Morgan fingerprint density at radius 3 is 2.53 bits per heavy atom. The van der Waals surface area contributed by atoms with Crippen LogP contribution in [0.15, 0.2) is 0 Å². The third-order valence-corrected chi connectivity index (χ3v) is 3.34. The molecule has 2 amide bonds. The van der Waals surface area contributed by atoms with Crippen LogP contribution in [0.2, 0.25) is 0 Å². The van der Waals surface area contributed by atoms with Crippen molar-refractivity contribution >= 4 is 11.8 Å². The maximum Gasteiger partial charge on any atom is 0.222 e. The molecule has 0 aromatic heterocycles. The van der Waals surface area contributed by atoms with Gasteiger partial charge in [0, 0.05) is 32.5 Å². The largest absolute Gasteiger partial charge is 0.352 e. The molecule has 1 N–H and O–H groups in total. The van der Waals surface area contributed by atoms with E-state index >= 15 is 0 Å². The first-order valence-electron chi connectivity index (χ1n) is 6.61. The molecular weight excluding hydrogens is 216 g/mol. The molecule has 1 fully saturated rings. The topological polar surface area (TPSA) is 49.4 Å². The smallest absolute Gasteiger partial charge is 0.222 e. The van der Waals surface area contributed by atoms with E-state index in [0.29, 0.717) is 18.9 Å². The highest BCUT2D eigenvalue weighted by atomic mass is 16.2. The van der Waals surface area contributed by atoms with Crippen LogP contribution in [0.25, 0.3) is 0 Å². The number of hydrogen-bond acceptors (Lipinski definition) is 2. The second-order valence-electron chi connectivity index (χ2n) is 4.96. The summed E-state index contributed by atoms with van der Waals surface area (Å²) < 4.78 is 0. The molecule has 1 aliphatic heterocycles. The van der Waals surface area contributed by atoms with Crippen LogP contribution in [0.1, 0.15) is 46.5 Å². The van der Waals surface area contributed by atoms with Gasteiger partial charge in [-0.05, 0) is 18.8 Å². The number of rotatable bonds is 4. The fourth-order valence-electron chi connectivity index (χ4n) is 2.47. The molecule has 2 unspecified atom stereocenters. The molecule has 0 bridgehead atoms. The monoisotopic (exact) mass is 240 g/mol. The molecule has 1 saturated heterocycles. The number of carbonyl (C=O) groups is 2. The van der Waals surface area contributed by atoms with Gasteiger partial charge in [0.2, 0.25) is 11.8 Å². The van der Waals surface area contributed by atoms with Crippen molar-refractivity contribution in [3.05, 3.63) is 0 Å². The van der Waals surface area contributed by atoms with Gasteiger partial charge in [-0.25, -0.2) is 0 Å². The summed E-state index contributed by atoms with van der Waals surface area (Å²) in [6.45, 7) is 7.22. The average Bonchev–Trinajstić information content (AvgIpc) is 2.28. The van der Waals surface area contributed by atoms with Gasteiger partial charge in [-0.1, -0.05) is 20.3 Å². The second kappa shape index (κ2) is 6.62. The van der Waals surface area contributed by atoms with E-state index in [1.54, 1.807) is 0 Å². The van der Waals surface area contributed by atoms with Crippen molar-refractivity contribution in [2.45, 2.75) is 52.5 Å². The number of nitrogens with zero attached hydrogens (tertiary/aromatic N) is 1. The van der Waals surface area contributed by atoms with Gasteiger partial charge in [0.15, 0.2) is 0 Å². The van der Waals surface area contributed by atoms with Crippen LogP contribution in [0.3, 0.4) is 0 Å². The summed E-state index contributed by atoms with van der Waals surface area (Å²) in [5, 5.41) is 2.94. The van der Waals surface area contributed by atoms with Gasteiger partial charge in [0.1, 0.15) is 0 Å². The molecule has 0 aromatic rings. The molecule has 1 heterocycles. The lowest BCUT2D eigenvalue weighted by Crippen LogP contribution is -2.52. The zero-order valence-electron chi connectivity index (χ0n) is 11.2. The van der Waals surface area contributed by atoms with E-state index in [2.05, 4.69) is 12.2 Å². The van der Waals surface area contributed by atoms with E-state index in [1.807, 2.05) is 11.8 Å². The Kier molecular flexibility index (Phi) is 5.45. The van der Waals surface area contributed by atoms with Crippen molar-refractivity contribution in [2.24, 2.45) is 5.92 Å². The van der Waals surface area contributed by atoms with Crippen molar-refractivity contribution in [2.75, 3.05) is 13.1 Å². The molecule has 0 spiro atoms. The molecule has 0 aliphatic carbocycles. The molecule has 4 nitrogen and oxygen atoms in total. The summed E-state index contributed by atoms with van der Waals surface area (Å²) >= 11 is 0. The SMILES string of the molecule is CCCC(=O)N1CC(CC)CC(NC(C)=O)C1. The highest BCUT2D eigenvalue weighted by molar-refractivity contribution is 5.77. The first kappa shape index (κ1) is 14.0. The fraction of sp³-hybridized carbons (Fsp3) is 0.846. The van der Waals surface area contributed by atoms with E-state index in [9.17, 15) is 9.59 Å². The summed E-state index contributed by atoms with van der Waals surface area (Å²) in [5.41, 5.74) is 0. The van der Waals surface area contributed by atoms with E-state index in [0.717, 1.165) is 25.8 Å². The molecule has 0 radical (unpaired) electrons. The van der Waals surface area contributed by atoms with Crippen molar-refractivity contribution in [1.82, 2.24) is 10.2 Å². The number of nitrogens with one attached hydrogen (secondary N) is 1. The minimum Gasteiger partial charge on any atom is -0.352 e. The quantitative estimate of drug-likeness (QED) is 0.810. The number of amides is 2. The fourth-order valence-corrected chi connectivity index (χ4v) is 2.47. The maximum atomic E-state index is 11.9. The number of hydrogen-bond donors (Lipinski definition) is 1. The predicted octanol–water partition coefficient (Wildman–Crippen LogP) is 1.55. The molecular formula is C13H24N2O2. The van der Waals surface area contributed by atoms with Gasteiger partial charge in [-0.2, -0.15) is 0 Å². The molecule has 2 atom stereocenters. The summed E-state index contributed by atoms with van der Waals surface area (Å²) in [6.07, 6.45) is 3.55. The lowest BCUT2D eigenvalue weighted by atomic mass is 9.92. The highest BCUT2D eigenvalue weighted by Crippen LogP contribution is 2.20. The van der Waals surface area contributed by atoms with Crippen LogP contribution >= 0.6 is 0 Å². The molecule has 1 rings (SSSR count). The highest BCUT2D eigenvalue weighted by Gasteiger charge is 2.28. The average molecular weight is 240 g/mol. The van der Waals surface area contributed by atoms with Crippen LogP contribution in [-0.2, 0) is 9.59 Å². The van der Waals surface area contributed by atoms with Crippen LogP contribution in [0, 0.1) is 5.92 Å². The summed E-state index contributed by atoms with van der Waals surface area (Å²) in [6, 6.07) is 0.131. The van der Waals surface area contributed by atoms with Gasteiger partial charge >= 0.3 is 0 Å². The standard InChI is InChI=1S/C13H24N2O2/c1-4-6-13(17)15-8-11(5-2)7-12(9-15)14-10(3)16/h11-12H,4-9H2,1-3H3,(H,14,16). The Labute approximate surface area is 104 Å². The third kappa shape index (κ3) is 4.36. The predicted molar refractivity (Wildman–Crippen MR) is 67.5 cm³/mol. The van der Waals surface area contributed by atoms with Crippen LogP contribution in [0.5, 0.6) is 0 Å². The van der Waals surface area contributed by atoms with E-state index in [-0.39, 0.29) is 17.9 Å². The zero-order chi connectivity index (χ0) is 12.8. The first-order valence-corrected chi connectivity index (χ1v) is 6.61. The molecule has 17 heavy (non-hydrogen) atoms. The van der Waals surface area contributed by atoms with Gasteiger partial charge in [0.05, 0.1) is 0 Å². The van der Waals surface area contributed by atoms with Crippen LogP contribution < -0.4 is 5.32 Å². The zero-order valence-corrected chi connectivity index (χ0v) is 11.2. The minimum atomic E-state index is -0.00496. The summed E-state index contributed by atoms with van der Waals surface area (Å²) in [7, 11) is 0. The van der Waals surface area contributed by atoms with Gasteiger partial charge < -0.3 is 10.2 Å². The van der Waals surface area contributed by atoms with E-state index < -0.39 is 0 Å². The maximum absolute atomic E-state index is 11.9. The van der Waals surface area contributed by atoms with Crippen LogP contribution in [-0.4, -0.2) is 35.8 Å². The van der Waals surface area contributed by atoms with Crippen LogP contribution in [0.4, 0.5) is 0 Å². The van der Waals surface area contributed by atoms with Crippen molar-refractivity contribution < 1.29 is 9.59 Å². The van der Waals surface area contributed by atoms with Gasteiger partial charge in [-0.15, -0.1) is 0 Å². The second-order valence-corrected chi connectivity index (χ2v) is 4.96.